The highest BCUT2D eigenvalue weighted by Crippen LogP contribution is 2.19. The molecule has 0 aliphatic rings. The lowest BCUT2D eigenvalue weighted by atomic mass is 10.2. The molecule has 2 aromatic rings. The molecule has 0 aliphatic carbocycles. The Kier molecular flexibility index (Phi) is 4.06. The Morgan fingerprint density at radius 1 is 1.41 bits per heavy atom. The molecule has 90 valence electrons. The molecule has 17 heavy (non-hydrogen) atoms. The van der Waals surface area contributed by atoms with Crippen LogP contribution in [-0.2, 0) is 13.0 Å². The van der Waals surface area contributed by atoms with Crippen LogP contribution in [0.25, 0.3) is 0 Å². The second-order valence-electron chi connectivity index (χ2n) is 3.46. The van der Waals surface area contributed by atoms with Crippen molar-refractivity contribution in [2.75, 3.05) is 5.32 Å². The van der Waals surface area contributed by atoms with Crippen molar-refractivity contribution >= 4 is 32.4 Å². The van der Waals surface area contributed by atoms with Crippen LogP contribution in [0.15, 0.2) is 22.7 Å². The first-order chi connectivity index (χ1) is 8.19. The van der Waals surface area contributed by atoms with Gasteiger partial charge in [0, 0.05) is 6.54 Å². The number of anilines is 1. The minimum absolute atomic E-state index is 0.252. The van der Waals surface area contributed by atoms with Gasteiger partial charge in [-0.3, -0.25) is 0 Å². The highest BCUT2D eigenvalue weighted by molar-refractivity contribution is 9.10. The molecule has 0 spiro atoms. The lowest BCUT2D eigenvalue weighted by Gasteiger charge is -2.03. The normalized spacial score (nSPS) is 10.5. The zero-order valence-corrected chi connectivity index (χ0v) is 11.6. The summed E-state index contributed by atoms with van der Waals surface area (Å²) in [6, 6.07) is 4.94. The highest BCUT2D eigenvalue weighted by atomic mass is 79.9. The summed E-state index contributed by atoms with van der Waals surface area (Å²) in [5, 5.41) is 13.0. The third-order valence-corrected chi connectivity index (χ3v) is 3.83. The lowest BCUT2D eigenvalue weighted by molar-refractivity contribution is 0.620. The van der Waals surface area contributed by atoms with Gasteiger partial charge in [0.05, 0.1) is 4.47 Å². The van der Waals surface area contributed by atoms with Gasteiger partial charge in [-0.25, -0.2) is 4.39 Å². The minimum Gasteiger partial charge on any atom is -0.356 e. The van der Waals surface area contributed by atoms with Crippen LogP contribution < -0.4 is 5.32 Å². The quantitative estimate of drug-likeness (QED) is 0.936. The monoisotopic (exact) mass is 315 g/mol. The summed E-state index contributed by atoms with van der Waals surface area (Å²) in [6.45, 7) is 2.65. The predicted octanol–water partition coefficient (Wildman–Crippen LogP) is 3.61. The largest absolute Gasteiger partial charge is 0.356 e. The maximum atomic E-state index is 13.0. The van der Waals surface area contributed by atoms with Crippen LogP contribution in [0.3, 0.4) is 0 Å². The van der Waals surface area contributed by atoms with E-state index in [0.717, 1.165) is 22.1 Å². The summed E-state index contributed by atoms with van der Waals surface area (Å²) >= 11 is 4.70. The van der Waals surface area contributed by atoms with Gasteiger partial charge in [-0.2, -0.15) is 0 Å². The summed E-state index contributed by atoms with van der Waals surface area (Å²) in [5.74, 6) is -0.252. The van der Waals surface area contributed by atoms with E-state index in [4.69, 9.17) is 0 Å². The van der Waals surface area contributed by atoms with Crippen LogP contribution in [0.2, 0.25) is 0 Å². The SMILES string of the molecule is CCc1nnc(NCc2ccc(F)c(Br)c2)s1. The molecule has 6 heteroatoms. The Balaban J connectivity index is 1.99. The smallest absolute Gasteiger partial charge is 0.205 e. The Morgan fingerprint density at radius 2 is 2.24 bits per heavy atom. The number of aryl methyl sites for hydroxylation is 1. The predicted molar refractivity (Wildman–Crippen MR) is 70.7 cm³/mol. The summed E-state index contributed by atoms with van der Waals surface area (Å²) in [4.78, 5) is 0. The van der Waals surface area contributed by atoms with Crippen LogP contribution in [0.1, 0.15) is 17.5 Å². The fraction of sp³-hybridized carbons (Fsp3) is 0.273. The first-order valence-electron chi connectivity index (χ1n) is 5.19. The third-order valence-electron chi connectivity index (χ3n) is 2.20. The topological polar surface area (TPSA) is 37.8 Å². The Labute approximate surface area is 111 Å². The number of halogens is 2. The lowest BCUT2D eigenvalue weighted by Crippen LogP contribution is -1.99. The molecule has 1 aromatic carbocycles. The molecule has 0 atom stereocenters. The zero-order chi connectivity index (χ0) is 12.3. The molecule has 1 N–H and O–H groups in total. The number of nitrogens with zero attached hydrogens (tertiary/aromatic N) is 2. The first kappa shape index (κ1) is 12.4. The molecule has 0 amide bonds. The molecule has 0 bridgehead atoms. The van der Waals surface area contributed by atoms with Gasteiger partial charge in [-0.1, -0.05) is 24.3 Å². The summed E-state index contributed by atoms with van der Waals surface area (Å²) in [6.07, 6.45) is 0.890. The Hall–Kier alpha value is -1.01. The van der Waals surface area contributed by atoms with Crippen LogP contribution >= 0.6 is 27.3 Å². The van der Waals surface area contributed by atoms with Crippen LogP contribution in [0.4, 0.5) is 9.52 Å². The molecule has 0 radical (unpaired) electrons. The van der Waals surface area contributed by atoms with E-state index < -0.39 is 0 Å². The van der Waals surface area contributed by atoms with Gasteiger partial charge in [0.25, 0.3) is 0 Å². The van der Waals surface area contributed by atoms with Crippen molar-refractivity contribution < 1.29 is 4.39 Å². The molecule has 1 aromatic heterocycles. The van der Waals surface area contributed by atoms with Crippen LogP contribution in [0, 0.1) is 5.82 Å². The van der Waals surface area contributed by atoms with E-state index in [1.165, 1.54) is 6.07 Å². The van der Waals surface area contributed by atoms with E-state index in [2.05, 4.69) is 31.4 Å². The molecular formula is C11H11BrFN3S. The van der Waals surface area contributed by atoms with E-state index in [1.807, 2.05) is 6.92 Å². The number of nitrogens with one attached hydrogen (secondary N) is 1. The maximum Gasteiger partial charge on any atom is 0.205 e. The fourth-order valence-corrected chi connectivity index (χ4v) is 2.40. The average Bonchev–Trinajstić information content (AvgIpc) is 2.79. The van der Waals surface area contributed by atoms with E-state index >= 15 is 0 Å². The average molecular weight is 316 g/mol. The van der Waals surface area contributed by atoms with E-state index in [0.29, 0.717) is 11.0 Å². The second kappa shape index (κ2) is 5.55. The van der Waals surface area contributed by atoms with Gasteiger partial charge in [-0.15, -0.1) is 10.2 Å². The van der Waals surface area contributed by atoms with E-state index in [9.17, 15) is 4.39 Å². The van der Waals surface area contributed by atoms with Gasteiger partial charge in [0.15, 0.2) is 0 Å². The number of rotatable bonds is 4. The van der Waals surface area contributed by atoms with Gasteiger partial charge < -0.3 is 5.32 Å². The Morgan fingerprint density at radius 3 is 2.88 bits per heavy atom. The van der Waals surface area contributed by atoms with Crippen LogP contribution in [0.5, 0.6) is 0 Å². The zero-order valence-electron chi connectivity index (χ0n) is 9.20. The van der Waals surface area contributed by atoms with Gasteiger partial charge in [0.1, 0.15) is 10.8 Å². The molecule has 0 aliphatic heterocycles. The van der Waals surface area contributed by atoms with E-state index in [-0.39, 0.29) is 5.82 Å². The summed E-state index contributed by atoms with van der Waals surface area (Å²) in [5.41, 5.74) is 0.992. The van der Waals surface area contributed by atoms with Crippen molar-refractivity contribution in [1.29, 1.82) is 0 Å². The molecule has 0 unspecified atom stereocenters. The Bertz CT molecular complexity index is 515. The first-order valence-corrected chi connectivity index (χ1v) is 6.80. The molecule has 2 rings (SSSR count). The van der Waals surface area contributed by atoms with Crippen molar-refractivity contribution in [3.05, 3.63) is 39.1 Å². The van der Waals surface area contributed by atoms with Crippen LogP contribution in [-0.4, -0.2) is 10.2 Å². The van der Waals surface area contributed by atoms with Gasteiger partial charge in [-0.05, 0) is 40.0 Å². The fourth-order valence-electron chi connectivity index (χ4n) is 1.30. The minimum atomic E-state index is -0.252. The highest BCUT2D eigenvalue weighted by Gasteiger charge is 2.03. The number of hydrogen-bond donors (Lipinski definition) is 1. The molecule has 3 nitrogen and oxygen atoms in total. The van der Waals surface area contributed by atoms with Gasteiger partial charge >= 0.3 is 0 Å². The number of aromatic nitrogens is 2. The number of benzene rings is 1. The molecular weight excluding hydrogens is 305 g/mol. The van der Waals surface area contributed by atoms with Crippen molar-refractivity contribution in [3.63, 3.8) is 0 Å². The van der Waals surface area contributed by atoms with Gasteiger partial charge in [0.2, 0.25) is 5.13 Å². The summed E-state index contributed by atoms with van der Waals surface area (Å²) < 4.78 is 13.5. The third kappa shape index (κ3) is 3.23. The molecule has 0 saturated carbocycles. The molecule has 0 saturated heterocycles. The summed E-state index contributed by atoms with van der Waals surface area (Å²) in [7, 11) is 0. The van der Waals surface area contributed by atoms with Crippen molar-refractivity contribution in [2.45, 2.75) is 19.9 Å². The van der Waals surface area contributed by atoms with Crippen molar-refractivity contribution in [3.8, 4) is 0 Å². The van der Waals surface area contributed by atoms with Crippen molar-refractivity contribution in [1.82, 2.24) is 10.2 Å². The molecule has 1 heterocycles. The maximum absolute atomic E-state index is 13.0. The van der Waals surface area contributed by atoms with Crippen molar-refractivity contribution in [2.24, 2.45) is 0 Å². The van der Waals surface area contributed by atoms with E-state index in [1.54, 1.807) is 23.5 Å². The molecule has 0 fully saturated rings. The number of hydrogen-bond acceptors (Lipinski definition) is 4. The standard InChI is InChI=1S/C11H11BrFN3S/c1-2-10-15-16-11(17-10)14-6-7-3-4-9(13)8(12)5-7/h3-5H,2,6H2,1H3,(H,14,16). The second-order valence-corrected chi connectivity index (χ2v) is 5.37.